The summed E-state index contributed by atoms with van der Waals surface area (Å²) in [4.78, 5) is 12.6. The molecule has 5 N–H and O–H groups in total. The van der Waals surface area contributed by atoms with Crippen LogP contribution >= 0.6 is 0 Å². The fourth-order valence-corrected chi connectivity index (χ4v) is 2.80. The molecular formula is C15H20N6. The molecule has 1 aliphatic heterocycles. The summed E-state index contributed by atoms with van der Waals surface area (Å²) in [6.07, 6.45) is 5.39. The van der Waals surface area contributed by atoms with Crippen molar-refractivity contribution in [2.75, 3.05) is 23.3 Å². The van der Waals surface area contributed by atoms with E-state index >= 15 is 0 Å². The van der Waals surface area contributed by atoms with Crippen LogP contribution in [0.1, 0.15) is 42.0 Å². The lowest BCUT2D eigenvalue weighted by Gasteiger charge is -2.16. The minimum Gasteiger partial charge on any atom is -0.383 e. The molecule has 0 saturated carbocycles. The van der Waals surface area contributed by atoms with Crippen molar-refractivity contribution in [3.63, 3.8) is 0 Å². The fraction of sp³-hybridized carbons (Fsp3) is 0.400. The Balaban J connectivity index is 2.06. The van der Waals surface area contributed by atoms with E-state index in [1.54, 1.807) is 6.20 Å². The second kappa shape index (κ2) is 5.20. The Bertz CT molecular complexity index is 680. The molecule has 0 saturated heterocycles. The van der Waals surface area contributed by atoms with Gasteiger partial charge in [-0.1, -0.05) is 13.8 Å². The number of fused-ring (bicyclic) bond motifs is 1. The summed E-state index contributed by atoms with van der Waals surface area (Å²) in [6, 6.07) is 0. The molecule has 3 rings (SSSR count). The lowest BCUT2D eigenvalue weighted by molar-refractivity contribution is 0.833. The van der Waals surface area contributed by atoms with Crippen LogP contribution in [0.25, 0.3) is 0 Å². The van der Waals surface area contributed by atoms with Gasteiger partial charge in [0.25, 0.3) is 0 Å². The molecule has 6 nitrogen and oxygen atoms in total. The quantitative estimate of drug-likeness (QED) is 0.793. The number of pyridine rings is 1. The molecule has 1 aliphatic rings. The van der Waals surface area contributed by atoms with Crippen molar-refractivity contribution in [2.24, 2.45) is 0 Å². The van der Waals surface area contributed by atoms with Crippen molar-refractivity contribution in [1.29, 1.82) is 0 Å². The molecule has 0 atom stereocenters. The van der Waals surface area contributed by atoms with Crippen LogP contribution in [0.2, 0.25) is 0 Å². The van der Waals surface area contributed by atoms with Gasteiger partial charge >= 0.3 is 0 Å². The second-order valence-corrected chi connectivity index (χ2v) is 5.67. The average Bonchev–Trinajstić information content (AvgIpc) is 2.90. The summed E-state index contributed by atoms with van der Waals surface area (Å²) in [5.41, 5.74) is 16.3. The van der Waals surface area contributed by atoms with E-state index in [0.29, 0.717) is 18.2 Å². The number of anilines is 3. The van der Waals surface area contributed by atoms with Crippen LogP contribution < -0.4 is 16.8 Å². The van der Waals surface area contributed by atoms with E-state index in [1.165, 1.54) is 16.7 Å². The highest BCUT2D eigenvalue weighted by molar-refractivity contribution is 5.58. The summed E-state index contributed by atoms with van der Waals surface area (Å²) in [5, 5.41) is 3.32. The van der Waals surface area contributed by atoms with Crippen molar-refractivity contribution in [2.45, 2.75) is 32.6 Å². The molecule has 2 aromatic heterocycles. The van der Waals surface area contributed by atoms with Crippen molar-refractivity contribution in [1.82, 2.24) is 15.0 Å². The average molecular weight is 284 g/mol. The second-order valence-electron chi connectivity index (χ2n) is 5.67. The van der Waals surface area contributed by atoms with E-state index in [-0.39, 0.29) is 5.95 Å². The van der Waals surface area contributed by atoms with Gasteiger partial charge in [0.2, 0.25) is 5.95 Å². The van der Waals surface area contributed by atoms with Gasteiger partial charge in [0.05, 0.1) is 0 Å². The number of nitrogens with one attached hydrogen (secondary N) is 1. The van der Waals surface area contributed by atoms with Gasteiger partial charge in [-0.15, -0.1) is 0 Å². The summed E-state index contributed by atoms with van der Waals surface area (Å²) < 4.78 is 0. The molecule has 110 valence electrons. The van der Waals surface area contributed by atoms with E-state index < -0.39 is 0 Å². The summed E-state index contributed by atoms with van der Waals surface area (Å²) in [6.45, 7) is 5.29. The predicted octanol–water partition coefficient (Wildman–Crippen LogP) is 1.72. The maximum absolute atomic E-state index is 5.98. The Labute approximate surface area is 124 Å². The third kappa shape index (κ3) is 2.49. The zero-order valence-electron chi connectivity index (χ0n) is 12.3. The van der Waals surface area contributed by atoms with Crippen molar-refractivity contribution < 1.29 is 0 Å². The highest BCUT2D eigenvalue weighted by Gasteiger charge is 2.21. The van der Waals surface area contributed by atoms with Crippen molar-refractivity contribution >= 4 is 17.6 Å². The third-order valence-electron chi connectivity index (χ3n) is 3.90. The number of aromatic nitrogens is 3. The molecular weight excluding hydrogens is 264 g/mol. The number of nitrogen functional groups attached to an aromatic ring is 2. The molecule has 0 unspecified atom stereocenters. The zero-order chi connectivity index (χ0) is 15.0. The number of hydrogen-bond acceptors (Lipinski definition) is 6. The molecule has 0 amide bonds. The normalized spacial score (nSPS) is 13.3. The first-order valence-corrected chi connectivity index (χ1v) is 7.17. The molecule has 0 aromatic carbocycles. The molecule has 0 aliphatic carbocycles. The van der Waals surface area contributed by atoms with Gasteiger partial charge in [-0.25, -0.2) is 9.97 Å². The van der Waals surface area contributed by atoms with Gasteiger partial charge in [-0.2, -0.15) is 4.98 Å². The SMILES string of the molecule is CC(C)c1cnc2c(c1Cc1cnc(N)nc1N)CCN2. The van der Waals surface area contributed by atoms with Crippen LogP contribution in [0.15, 0.2) is 12.4 Å². The Morgan fingerprint density at radius 2 is 2.05 bits per heavy atom. The Morgan fingerprint density at radius 3 is 2.76 bits per heavy atom. The van der Waals surface area contributed by atoms with Gasteiger partial charge < -0.3 is 16.8 Å². The van der Waals surface area contributed by atoms with Crippen LogP contribution in [0.4, 0.5) is 17.6 Å². The van der Waals surface area contributed by atoms with Crippen molar-refractivity contribution in [3.8, 4) is 0 Å². The number of rotatable bonds is 3. The smallest absolute Gasteiger partial charge is 0.221 e. The molecule has 0 bridgehead atoms. The van der Waals surface area contributed by atoms with E-state index in [2.05, 4.69) is 34.1 Å². The van der Waals surface area contributed by atoms with E-state index in [0.717, 1.165) is 24.3 Å². The summed E-state index contributed by atoms with van der Waals surface area (Å²) >= 11 is 0. The molecule has 6 heteroatoms. The monoisotopic (exact) mass is 284 g/mol. The Hall–Kier alpha value is -2.37. The number of hydrogen-bond donors (Lipinski definition) is 3. The number of nitrogens with zero attached hydrogens (tertiary/aromatic N) is 3. The van der Waals surface area contributed by atoms with Gasteiger partial charge in [0.15, 0.2) is 0 Å². The Morgan fingerprint density at radius 1 is 1.24 bits per heavy atom. The lowest BCUT2D eigenvalue weighted by Crippen LogP contribution is -2.08. The standard InChI is InChI=1S/C15H20N6/c1-8(2)12-7-19-14-10(3-4-18-14)11(12)5-9-6-20-15(17)21-13(9)16/h6-8H,3-5H2,1-2H3,(H,18,19)(H4,16,17,20,21). The fourth-order valence-electron chi connectivity index (χ4n) is 2.80. The minimum absolute atomic E-state index is 0.210. The summed E-state index contributed by atoms with van der Waals surface area (Å²) in [7, 11) is 0. The minimum atomic E-state index is 0.210. The predicted molar refractivity (Wildman–Crippen MR) is 84.2 cm³/mol. The number of nitrogens with two attached hydrogens (primary N) is 2. The van der Waals surface area contributed by atoms with Crippen LogP contribution in [-0.4, -0.2) is 21.5 Å². The van der Waals surface area contributed by atoms with Crippen molar-refractivity contribution in [3.05, 3.63) is 34.6 Å². The largest absolute Gasteiger partial charge is 0.383 e. The van der Waals surface area contributed by atoms with Gasteiger partial charge in [-0.05, 0) is 23.5 Å². The molecule has 2 aromatic rings. The van der Waals surface area contributed by atoms with Gasteiger partial charge in [0.1, 0.15) is 11.6 Å². The van der Waals surface area contributed by atoms with Crippen LogP contribution in [0.3, 0.4) is 0 Å². The third-order valence-corrected chi connectivity index (χ3v) is 3.90. The van der Waals surface area contributed by atoms with Crippen LogP contribution in [0.5, 0.6) is 0 Å². The first-order chi connectivity index (χ1) is 10.1. The van der Waals surface area contributed by atoms with E-state index in [9.17, 15) is 0 Å². The maximum atomic E-state index is 5.98. The van der Waals surface area contributed by atoms with Crippen LogP contribution in [0, 0.1) is 0 Å². The maximum Gasteiger partial charge on any atom is 0.221 e. The first-order valence-electron chi connectivity index (χ1n) is 7.17. The molecule has 0 spiro atoms. The lowest BCUT2D eigenvalue weighted by atomic mass is 9.91. The summed E-state index contributed by atoms with van der Waals surface area (Å²) in [5.74, 6) is 2.06. The van der Waals surface area contributed by atoms with E-state index in [1.807, 2.05) is 6.20 Å². The van der Waals surface area contributed by atoms with Gasteiger partial charge in [-0.3, -0.25) is 0 Å². The van der Waals surface area contributed by atoms with E-state index in [4.69, 9.17) is 11.5 Å². The Kier molecular flexibility index (Phi) is 3.37. The molecule has 0 fully saturated rings. The molecule has 0 radical (unpaired) electrons. The molecule has 21 heavy (non-hydrogen) atoms. The highest BCUT2D eigenvalue weighted by Crippen LogP contribution is 2.32. The van der Waals surface area contributed by atoms with Crippen LogP contribution in [-0.2, 0) is 12.8 Å². The zero-order valence-corrected chi connectivity index (χ0v) is 12.3. The highest BCUT2D eigenvalue weighted by atomic mass is 15.0. The molecule has 3 heterocycles. The van der Waals surface area contributed by atoms with Gasteiger partial charge in [0, 0.05) is 36.5 Å². The topological polar surface area (TPSA) is 103 Å². The first kappa shape index (κ1) is 13.6.